The number of ether oxygens (including phenoxy) is 3. The maximum Gasteiger partial charge on any atom is 0.343 e. The molecular weight excluding hydrogens is 380 g/mol. The van der Waals surface area contributed by atoms with Crippen LogP contribution in [0.2, 0.25) is 0 Å². The molecule has 3 rings (SSSR count). The molecule has 2 heterocycles. The van der Waals surface area contributed by atoms with Crippen LogP contribution in [-0.2, 0) is 14.3 Å². The highest BCUT2D eigenvalue weighted by molar-refractivity contribution is 6.17. The fourth-order valence-corrected chi connectivity index (χ4v) is 3.68. The van der Waals surface area contributed by atoms with Gasteiger partial charge in [-0.25, -0.2) is 9.59 Å². The van der Waals surface area contributed by atoms with Gasteiger partial charge in [-0.1, -0.05) is 32.3 Å². The molecule has 0 unspecified atom stereocenters. The van der Waals surface area contributed by atoms with E-state index in [1.54, 1.807) is 12.1 Å². The number of carbonyl (C=O) groups is 4. The topological polar surface area (TPSA) is 111 Å². The molecule has 2 atom stereocenters. The Labute approximate surface area is 168 Å². The van der Waals surface area contributed by atoms with Gasteiger partial charge in [0.2, 0.25) is 11.8 Å². The van der Waals surface area contributed by atoms with Crippen molar-refractivity contribution < 1.29 is 33.4 Å². The van der Waals surface area contributed by atoms with Crippen molar-refractivity contribution in [1.29, 1.82) is 0 Å². The molecule has 29 heavy (non-hydrogen) atoms. The molecule has 0 spiro atoms. The zero-order valence-corrected chi connectivity index (χ0v) is 16.6. The van der Waals surface area contributed by atoms with Crippen molar-refractivity contribution in [3.8, 4) is 11.5 Å². The number of imide groups is 2. The average Bonchev–Trinajstić information content (AvgIpc) is 3.02. The highest BCUT2D eigenvalue weighted by atomic mass is 16.6. The number of nitrogens with one attached hydrogen (secondary N) is 1. The van der Waals surface area contributed by atoms with Gasteiger partial charge in [0.05, 0.1) is 14.2 Å². The lowest BCUT2D eigenvalue weighted by molar-refractivity contribution is -0.147. The van der Waals surface area contributed by atoms with Crippen molar-refractivity contribution in [1.82, 2.24) is 10.2 Å². The second kappa shape index (κ2) is 8.50. The van der Waals surface area contributed by atoms with Crippen LogP contribution in [0.15, 0.2) is 12.1 Å². The molecule has 2 aliphatic rings. The van der Waals surface area contributed by atoms with E-state index >= 15 is 0 Å². The number of barbiturate groups is 1. The monoisotopic (exact) mass is 404 g/mol. The van der Waals surface area contributed by atoms with E-state index in [9.17, 15) is 19.2 Å². The van der Waals surface area contributed by atoms with E-state index in [1.165, 1.54) is 14.2 Å². The number of rotatable bonds is 8. The lowest BCUT2D eigenvalue weighted by atomic mass is 9.90. The summed E-state index contributed by atoms with van der Waals surface area (Å²) in [5.74, 6) is -3.01. The molecule has 9 nitrogen and oxygen atoms in total. The Morgan fingerprint density at radius 1 is 1.07 bits per heavy atom. The normalized spacial score (nSPS) is 21.0. The fraction of sp³-hybridized carbons (Fsp3) is 0.500. The van der Waals surface area contributed by atoms with E-state index in [2.05, 4.69) is 12.2 Å². The third-order valence-corrected chi connectivity index (χ3v) is 5.15. The van der Waals surface area contributed by atoms with E-state index in [4.69, 9.17) is 14.2 Å². The number of benzene rings is 1. The molecule has 4 amide bonds. The van der Waals surface area contributed by atoms with Crippen molar-refractivity contribution >= 4 is 23.8 Å². The molecule has 0 aliphatic carbocycles. The Balaban J connectivity index is 1.90. The van der Waals surface area contributed by atoms with Gasteiger partial charge >= 0.3 is 12.0 Å². The molecule has 9 heteroatoms. The molecule has 2 aliphatic heterocycles. The van der Waals surface area contributed by atoms with Crippen LogP contribution in [-0.4, -0.2) is 49.5 Å². The van der Waals surface area contributed by atoms with Crippen molar-refractivity contribution in [2.45, 2.75) is 38.7 Å². The lowest BCUT2D eigenvalue weighted by Gasteiger charge is -2.32. The molecule has 1 fully saturated rings. The number of carbonyl (C=O) groups excluding carboxylic acids is 4. The van der Waals surface area contributed by atoms with Crippen molar-refractivity contribution in [2.75, 3.05) is 20.8 Å². The standard InChI is InChI=1S/C20H24N2O7/c1-4-5-6-7-10-22-18(24)14(17(23)21-20(22)26)15-11-8-9-12(27-2)16(28-3)13(11)19(25)29-15/h8-9,14-15H,4-7,10H2,1-3H3,(H,21,23,26)/t14-,15+/m0/s1. The van der Waals surface area contributed by atoms with Gasteiger partial charge in [0.15, 0.2) is 17.4 Å². The van der Waals surface area contributed by atoms with Crippen LogP contribution >= 0.6 is 0 Å². The zero-order chi connectivity index (χ0) is 21.1. The SMILES string of the molecule is CCCCCCN1C(=O)NC(=O)[C@H]([C@@H]2OC(=O)c3c2ccc(OC)c3OC)C1=O. The highest BCUT2D eigenvalue weighted by Gasteiger charge is 2.51. The van der Waals surface area contributed by atoms with Crippen LogP contribution < -0.4 is 14.8 Å². The summed E-state index contributed by atoms with van der Waals surface area (Å²) in [6.07, 6.45) is 2.36. The van der Waals surface area contributed by atoms with Gasteiger partial charge < -0.3 is 14.2 Å². The van der Waals surface area contributed by atoms with E-state index in [0.29, 0.717) is 17.7 Å². The molecule has 1 saturated heterocycles. The second-order valence-electron chi connectivity index (χ2n) is 6.91. The lowest BCUT2D eigenvalue weighted by Crippen LogP contribution is -2.59. The Hall–Kier alpha value is -3.10. The minimum Gasteiger partial charge on any atom is -0.493 e. The summed E-state index contributed by atoms with van der Waals surface area (Å²) >= 11 is 0. The molecular formula is C20H24N2O7. The van der Waals surface area contributed by atoms with Gasteiger partial charge in [0.1, 0.15) is 11.7 Å². The number of esters is 1. The van der Waals surface area contributed by atoms with Gasteiger partial charge in [0, 0.05) is 12.1 Å². The molecule has 1 aromatic rings. The summed E-state index contributed by atoms with van der Waals surface area (Å²) in [4.78, 5) is 51.2. The Morgan fingerprint density at radius 2 is 1.83 bits per heavy atom. The highest BCUT2D eigenvalue weighted by Crippen LogP contribution is 2.45. The molecule has 0 bridgehead atoms. The van der Waals surface area contributed by atoms with Gasteiger partial charge in [0.25, 0.3) is 0 Å². The number of nitrogens with zero attached hydrogens (tertiary/aromatic N) is 1. The number of methoxy groups -OCH3 is 2. The number of unbranched alkanes of at least 4 members (excludes halogenated alkanes) is 3. The first-order valence-corrected chi connectivity index (χ1v) is 9.56. The van der Waals surface area contributed by atoms with Crippen molar-refractivity contribution in [2.24, 2.45) is 5.92 Å². The van der Waals surface area contributed by atoms with Crippen LogP contribution in [0.5, 0.6) is 11.5 Å². The molecule has 156 valence electrons. The first-order valence-electron chi connectivity index (χ1n) is 9.56. The van der Waals surface area contributed by atoms with Crippen molar-refractivity contribution in [3.05, 3.63) is 23.3 Å². The van der Waals surface area contributed by atoms with Gasteiger partial charge in [-0.2, -0.15) is 0 Å². The fourth-order valence-electron chi connectivity index (χ4n) is 3.68. The third-order valence-electron chi connectivity index (χ3n) is 5.15. The smallest absolute Gasteiger partial charge is 0.343 e. The van der Waals surface area contributed by atoms with Crippen LogP contribution in [0.4, 0.5) is 4.79 Å². The van der Waals surface area contributed by atoms with Gasteiger partial charge in [-0.3, -0.25) is 19.8 Å². The molecule has 1 N–H and O–H groups in total. The largest absolute Gasteiger partial charge is 0.493 e. The van der Waals surface area contributed by atoms with E-state index in [-0.39, 0.29) is 17.9 Å². The number of amides is 4. The van der Waals surface area contributed by atoms with E-state index in [1.807, 2.05) is 0 Å². The molecule has 0 saturated carbocycles. The summed E-state index contributed by atoms with van der Waals surface area (Å²) in [5, 5.41) is 2.20. The number of hydrogen-bond donors (Lipinski definition) is 1. The Kier molecular flexibility index (Phi) is 6.05. The summed E-state index contributed by atoms with van der Waals surface area (Å²) in [7, 11) is 2.82. The van der Waals surface area contributed by atoms with E-state index < -0.39 is 35.8 Å². The van der Waals surface area contributed by atoms with Gasteiger partial charge in [-0.05, 0) is 12.5 Å². The first kappa shape index (κ1) is 20.6. The summed E-state index contributed by atoms with van der Waals surface area (Å²) in [6.45, 7) is 2.26. The quantitative estimate of drug-likeness (QED) is 0.402. The maximum absolute atomic E-state index is 13.0. The van der Waals surface area contributed by atoms with Crippen LogP contribution in [0.25, 0.3) is 0 Å². The minimum absolute atomic E-state index is 0.115. The number of urea groups is 1. The Morgan fingerprint density at radius 3 is 2.48 bits per heavy atom. The predicted molar refractivity (Wildman–Crippen MR) is 101 cm³/mol. The maximum atomic E-state index is 13.0. The second-order valence-corrected chi connectivity index (χ2v) is 6.91. The van der Waals surface area contributed by atoms with Gasteiger partial charge in [-0.15, -0.1) is 0 Å². The summed E-state index contributed by atoms with van der Waals surface area (Å²) in [5.41, 5.74) is 0.463. The minimum atomic E-state index is -1.35. The van der Waals surface area contributed by atoms with Crippen molar-refractivity contribution in [3.63, 3.8) is 0 Å². The van der Waals surface area contributed by atoms with E-state index in [0.717, 1.165) is 24.2 Å². The molecule has 0 aromatic heterocycles. The number of fused-ring (bicyclic) bond motifs is 1. The first-order chi connectivity index (χ1) is 13.9. The Bertz CT molecular complexity index is 851. The number of hydrogen-bond acceptors (Lipinski definition) is 7. The summed E-state index contributed by atoms with van der Waals surface area (Å²) in [6, 6.07) is 2.39. The van der Waals surface area contributed by atoms with Crippen LogP contribution in [0.3, 0.4) is 0 Å². The molecule has 1 aromatic carbocycles. The third kappa shape index (κ3) is 3.64. The predicted octanol–water partition coefficient (Wildman–Crippen LogP) is 2.19. The average molecular weight is 404 g/mol. The molecule has 0 radical (unpaired) electrons. The summed E-state index contributed by atoms with van der Waals surface area (Å²) < 4.78 is 15.9. The van der Waals surface area contributed by atoms with Crippen LogP contribution in [0.1, 0.15) is 54.6 Å². The zero-order valence-electron chi connectivity index (χ0n) is 16.6. The number of cyclic esters (lactones) is 1. The van der Waals surface area contributed by atoms with Crippen LogP contribution in [0, 0.1) is 5.92 Å².